The number of carbonyl (C=O) groups excluding carboxylic acids is 1. The van der Waals surface area contributed by atoms with E-state index in [0.29, 0.717) is 31.6 Å². The average Bonchev–Trinajstić information content (AvgIpc) is 3.22. The average molecular weight is 460 g/mol. The lowest BCUT2D eigenvalue weighted by Gasteiger charge is -2.19. The van der Waals surface area contributed by atoms with Crippen LogP contribution in [0.3, 0.4) is 0 Å². The van der Waals surface area contributed by atoms with Gasteiger partial charge in [-0.15, -0.1) is 11.3 Å². The Morgan fingerprint density at radius 3 is 2.47 bits per heavy atom. The predicted molar refractivity (Wildman–Crippen MR) is 122 cm³/mol. The number of likely N-dealkylation sites (N-methyl/N-ethyl adjacent to an activating group) is 1. The Morgan fingerprint density at radius 2 is 1.77 bits per heavy atom. The van der Waals surface area contributed by atoms with Gasteiger partial charge in [-0.1, -0.05) is 29.3 Å². The van der Waals surface area contributed by atoms with Crippen LogP contribution in [0.15, 0.2) is 69.6 Å². The van der Waals surface area contributed by atoms with Crippen molar-refractivity contribution in [1.29, 1.82) is 0 Å². The number of nitrogens with zero attached hydrogens (tertiary/aromatic N) is 3. The second-order valence-electron chi connectivity index (χ2n) is 6.55. The summed E-state index contributed by atoms with van der Waals surface area (Å²) in [5, 5.41) is 2.71. The van der Waals surface area contributed by atoms with Gasteiger partial charge in [0.15, 0.2) is 0 Å². The third-order valence-corrected chi connectivity index (χ3v) is 6.08. The van der Waals surface area contributed by atoms with Crippen LogP contribution in [-0.2, 0) is 11.3 Å². The fraction of sp³-hybridized carbons (Fsp3) is 0.0952. The van der Waals surface area contributed by atoms with Crippen LogP contribution in [0.4, 0.5) is 5.69 Å². The van der Waals surface area contributed by atoms with Gasteiger partial charge in [-0.2, -0.15) is 0 Å². The van der Waals surface area contributed by atoms with Gasteiger partial charge in [0.1, 0.15) is 11.2 Å². The molecule has 0 saturated carbocycles. The first-order valence-electron chi connectivity index (χ1n) is 8.88. The van der Waals surface area contributed by atoms with Crippen LogP contribution in [-0.4, -0.2) is 22.1 Å². The van der Waals surface area contributed by atoms with Crippen molar-refractivity contribution in [2.24, 2.45) is 0 Å². The van der Waals surface area contributed by atoms with Crippen molar-refractivity contribution in [3.8, 4) is 5.69 Å². The summed E-state index contributed by atoms with van der Waals surface area (Å²) < 4.78 is 2.76. The van der Waals surface area contributed by atoms with Crippen LogP contribution in [0.5, 0.6) is 0 Å². The summed E-state index contributed by atoms with van der Waals surface area (Å²) in [5.74, 6) is -0.326. The van der Waals surface area contributed by atoms with Crippen LogP contribution < -0.4 is 16.1 Å². The lowest BCUT2D eigenvalue weighted by molar-refractivity contribution is -0.118. The lowest BCUT2D eigenvalue weighted by Crippen LogP contribution is -2.41. The van der Waals surface area contributed by atoms with E-state index in [1.54, 1.807) is 67.0 Å². The maximum Gasteiger partial charge on any atom is 0.336 e. The zero-order valence-electron chi connectivity index (χ0n) is 15.7. The van der Waals surface area contributed by atoms with Gasteiger partial charge in [-0.3, -0.25) is 14.2 Å². The van der Waals surface area contributed by atoms with Crippen LogP contribution in [0.1, 0.15) is 0 Å². The SMILES string of the molecule is CN(C(=O)Cn1c(=O)n(-c2ccc(Cl)cc2)c(=O)c2sccc21)c1cccc(Cl)c1. The van der Waals surface area contributed by atoms with Crippen LogP contribution in [0.25, 0.3) is 15.9 Å². The van der Waals surface area contributed by atoms with E-state index in [0.717, 1.165) is 4.57 Å². The molecule has 30 heavy (non-hydrogen) atoms. The molecule has 0 N–H and O–H groups in total. The monoisotopic (exact) mass is 459 g/mol. The lowest BCUT2D eigenvalue weighted by atomic mass is 10.3. The number of carbonyl (C=O) groups is 1. The van der Waals surface area contributed by atoms with Gasteiger partial charge in [-0.25, -0.2) is 9.36 Å². The topological polar surface area (TPSA) is 64.3 Å². The molecule has 2 heterocycles. The maximum absolute atomic E-state index is 13.2. The third-order valence-electron chi connectivity index (χ3n) is 4.70. The molecule has 6 nitrogen and oxygen atoms in total. The number of anilines is 1. The van der Waals surface area contributed by atoms with E-state index in [2.05, 4.69) is 0 Å². The van der Waals surface area contributed by atoms with Gasteiger partial charge < -0.3 is 4.90 Å². The van der Waals surface area contributed by atoms with Crippen molar-refractivity contribution in [3.63, 3.8) is 0 Å². The molecule has 0 unspecified atom stereocenters. The molecular weight excluding hydrogens is 445 g/mol. The summed E-state index contributed by atoms with van der Waals surface area (Å²) in [6, 6.07) is 14.9. The van der Waals surface area contributed by atoms with Gasteiger partial charge in [0, 0.05) is 22.8 Å². The number of aromatic nitrogens is 2. The van der Waals surface area contributed by atoms with Gasteiger partial charge in [0.25, 0.3) is 5.56 Å². The molecule has 2 aromatic carbocycles. The second kappa shape index (κ2) is 8.10. The number of fused-ring (bicyclic) bond motifs is 1. The fourth-order valence-electron chi connectivity index (χ4n) is 3.13. The van der Waals surface area contributed by atoms with Crippen LogP contribution in [0, 0.1) is 0 Å². The Hall–Kier alpha value is -2.87. The van der Waals surface area contributed by atoms with Crippen molar-refractivity contribution >= 4 is 56.3 Å². The number of thiophene rings is 1. The van der Waals surface area contributed by atoms with E-state index < -0.39 is 11.2 Å². The molecule has 0 aliphatic carbocycles. The highest BCUT2D eigenvalue weighted by Gasteiger charge is 2.19. The number of benzene rings is 2. The number of halogens is 2. The number of rotatable bonds is 4. The van der Waals surface area contributed by atoms with E-state index in [4.69, 9.17) is 23.2 Å². The normalized spacial score (nSPS) is 11.0. The highest BCUT2D eigenvalue weighted by molar-refractivity contribution is 7.17. The second-order valence-corrected chi connectivity index (χ2v) is 8.34. The maximum atomic E-state index is 13.2. The van der Waals surface area contributed by atoms with Crippen molar-refractivity contribution in [1.82, 2.24) is 9.13 Å². The molecule has 0 radical (unpaired) electrons. The van der Waals surface area contributed by atoms with E-state index >= 15 is 0 Å². The van der Waals surface area contributed by atoms with Crippen molar-refractivity contribution in [2.45, 2.75) is 6.54 Å². The molecule has 4 aromatic rings. The quantitative estimate of drug-likeness (QED) is 0.459. The highest BCUT2D eigenvalue weighted by atomic mass is 35.5. The van der Waals surface area contributed by atoms with E-state index in [1.807, 2.05) is 0 Å². The predicted octanol–water partition coefficient (Wildman–Crippen LogP) is 4.18. The molecule has 4 rings (SSSR count). The first-order valence-corrected chi connectivity index (χ1v) is 10.5. The molecule has 1 amide bonds. The molecular formula is C21H15Cl2N3O3S. The van der Waals surface area contributed by atoms with E-state index in [1.165, 1.54) is 20.8 Å². The van der Waals surface area contributed by atoms with Crippen LogP contribution in [0.2, 0.25) is 10.0 Å². The number of hydrogen-bond donors (Lipinski definition) is 0. The van der Waals surface area contributed by atoms with Crippen molar-refractivity contribution < 1.29 is 4.79 Å². The minimum absolute atomic E-state index is 0.233. The summed E-state index contributed by atoms with van der Waals surface area (Å²) in [5.41, 5.74) is 0.385. The third kappa shape index (κ3) is 3.67. The molecule has 9 heteroatoms. The number of amides is 1. The molecule has 0 atom stereocenters. The zero-order chi connectivity index (χ0) is 21.4. The summed E-state index contributed by atoms with van der Waals surface area (Å²) in [6.45, 7) is -0.233. The van der Waals surface area contributed by atoms with E-state index in [-0.39, 0.29) is 12.5 Å². The molecule has 0 fully saturated rings. The van der Waals surface area contributed by atoms with Gasteiger partial charge in [0.05, 0.1) is 11.2 Å². The van der Waals surface area contributed by atoms with E-state index in [9.17, 15) is 14.4 Å². The zero-order valence-corrected chi connectivity index (χ0v) is 18.0. The summed E-state index contributed by atoms with van der Waals surface area (Å²) in [4.78, 5) is 40.6. The smallest absolute Gasteiger partial charge is 0.314 e. The Labute approximate surface area is 185 Å². The highest BCUT2D eigenvalue weighted by Crippen LogP contribution is 2.20. The van der Waals surface area contributed by atoms with Gasteiger partial charge in [0.2, 0.25) is 5.91 Å². The molecule has 0 saturated heterocycles. The Bertz CT molecular complexity index is 1370. The largest absolute Gasteiger partial charge is 0.336 e. The fourth-order valence-corrected chi connectivity index (χ4v) is 4.26. The minimum atomic E-state index is -0.596. The van der Waals surface area contributed by atoms with Gasteiger partial charge in [-0.05, 0) is 53.9 Å². The van der Waals surface area contributed by atoms with Gasteiger partial charge >= 0.3 is 5.69 Å². The first kappa shape index (κ1) is 20.4. The Kier molecular flexibility index (Phi) is 5.51. The minimum Gasteiger partial charge on any atom is -0.314 e. The van der Waals surface area contributed by atoms with Crippen molar-refractivity contribution in [2.75, 3.05) is 11.9 Å². The molecule has 0 bridgehead atoms. The summed E-state index contributed by atoms with van der Waals surface area (Å²) in [7, 11) is 1.61. The standard InChI is InChI=1S/C21H15Cl2N3O3S/c1-24(16-4-2-3-14(23)11-16)18(27)12-25-17-9-10-30-19(17)20(28)26(21(25)29)15-7-5-13(22)6-8-15/h2-11H,12H2,1H3. The first-order chi connectivity index (χ1) is 14.4. The molecule has 152 valence electrons. The molecule has 0 aliphatic heterocycles. The molecule has 2 aromatic heterocycles. The summed E-state index contributed by atoms with van der Waals surface area (Å²) >= 11 is 13.2. The Morgan fingerprint density at radius 1 is 1.03 bits per heavy atom. The molecule has 0 aliphatic rings. The van der Waals surface area contributed by atoms with Crippen molar-refractivity contribution in [3.05, 3.63) is 90.9 Å². The van der Waals surface area contributed by atoms with Crippen LogP contribution >= 0.6 is 34.5 Å². The summed E-state index contributed by atoms with van der Waals surface area (Å²) in [6.07, 6.45) is 0. The Balaban J connectivity index is 1.82. The molecule has 0 spiro atoms. The number of hydrogen-bond acceptors (Lipinski definition) is 4.